The zero-order chi connectivity index (χ0) is 11.5. The van der Waals surface area contributed by atoms with E-state index < -0.39 is 15.9 Å². The Hall–Kier alpha value is -0.720. The molecule has 0 aliphatic heterocycles. The summed E-state index contributed by atoms with van der Waals surface area (Å²) in [4.78, 5) is 12.3. The molecule has 1 aromatic rings. The first-order chi connectivity index (χ1) is 6.90. The first-order valence-corrected chi connectivity index (χ1v) is 7.33. The topological polar surface area (TPSA) is 77.2 Å². The molecular formula is C9H13NO3S2. The Kier molecular flexibility index (Phi) is 4.01. The Bertz CT molecular complexity index is 422. The van der Waals surface area contributed by atoms with Gasteiger partial charge in [-0.2, -0.15) is 0 Å². The van der Waals surface area contributed by atoms with Crippen molar-refractivity contribution in [3.8, 4) is 0 Å². The summed E-state index contributed by atoms with van der Waals surface area (Å²) in [6.45, 7) is 0. The Labute approximate surface area is 93.0 Å². The molecule has 0 aromatic carbocycles. The standard InChI is InChI=1S/C9H13NO3S2/c1-15(12,13)6-4-7(11)9(10)8-3-2-5-14-8/h2-3,5,9H,4,6,10H2,1H3. The Balaban J connectivity index is 2.55. The zero-order valence-corrected chi connectivity index (χ0v) is 9.98. The van der Waals surface area contributed by atoms with Crippen LogP contribution in [-0.2, 0) is 14.6 Å². The van der Waals surface area contributed by atoms with Crippen LogP contribution in [0.3, 0.4) is 0 Å². The van der Waals surface area contributed by atoms with Gasteiger partial charge in [-0.25, -0.2) is 8.42 Å². The number of carbonyl (C=O) groups excluding carboxylic acids is 1. The van der Waals surface area contributed by atoms with Crippen molar-refractivity contribution in [2.75, 3.05) is 12.0 Å². The fraction of sp³-hybridized carbons (Fsp3) is 0.444. The molecule has 2 N–H and O–H groups in total. The van der Waals surface area contributed by atoms with Crippen molar-refractivity contribution in [1.82, 2.24) is 0 Å². The molecule has 0 saturated heterocycles. The molecule has 15 heavy (non-hydrogen) atoms. The van der Waals surface area contributed by atoms with Gasteiger partial charge in [0, 0.05) is 17.6 Å². The minimum atomic E-state index is -3.09. The van der Waals surface area contributed by atoms with E-state index in [9.17, 15) is 13.2 Å². The van der Waals surface area contributed by atoms with Crippen molar-refractivity contribution in [2.45, 2.75) is 12.5 Å². The van der Waals surface area contributed by atoms with Gasteiger partial charge in [0.2, 0.25) is 0 Å². The van der Waals surface area contributed by atoms with Crippen LogP contribution in [0, 0.1) is 0 Å². The summed E-state index contributed by atoms with van der Waals surface area (Å²) in [5.41, 5.74) is 5.68. The molecule has 1 atom stereocenters. The summed E-state index contributed by atoms with van der Waals surface area (Å²) in [6, 6.07) is 2.89. The van der Waals surface area contributed by atoms with Crippen LogP contribution in [0.25, 0.3) is 0 Å². The fourth-order valence-corrected chi connectivity index (χ4v) is 2.39. The number of sulfone groups is 1. The lowest BCUT2D eigenvalue weighted by Crippen LogP contribution is -2.22. The van der Waals surface area contributed by atoms with Gasteiger partial charge in [0.05, 0.1) is 11.8 Å². The predicted octanol–water partition coefficient (Wildman–Crippen LogP) is 0.752. The Morgan fingerprint density at radius 2 is 2.27 bits per heavy atom. The minimum Gasteiger partial charge on any atom is -0.317 e. The average molecular weight is 247 g/mol. The van der Waals surface area contributed by atoms with Crippen molar-refractivity contribution in [2.24, 2.45) is 5.73 Å². The zero-order valence-electron chi connectivity index (χ0n) is 8.34. The van der Waals surface area contributed by atoms with Crippen molar-refractivity contribution >= 4 is 27.0 Å². The summed E-state index contributed by atoms with van der Waals surface area (Å²) in [6.07, 6.45) is 1.09. The maximum atomic E-state index is 11.5. The van der Waals surface area contributed by atoms with Gasteiger partial charge in [0.25, 0.3) is 0 Å². The summed E-state index contributed by atoms with van der Waals surface area (Å²) < 4.78 is 21.7. The lowest BCUT2D eigenvalue weighted by molar-refractivity contribution is -0.119. The maximum absolute atomic E-state index is 11.5. The molecule has 1 unspecified atom stereocenters. The Morgan fingerprint density at radius 3 is 2.73 bits per heavy atom. The van der Waals surface area contributed by atoms with E-state index in [4.69, 9.17) is 5.73 Å². The number of thiophene rings is 1. The monoisotopic (exact) mass is 247 g/mol. The van der Waals surface area contributed by atoms with Crippen molar-refractivity contribution < 1.29 is 13.2 Å². The van der Waals surface area contributed by atoms with E-state index >= 15 is 0 Å². The molecular weight excluding hydrogens is 234 g/mol. The van der Waals surface area contributed by atoms with Crippen LogP contribution < -0.4 is 5.73 Å². The first-order valence-electron chi connectivity index (χ1n) is 4.39. The van der Waals surface area contributed by atoms with E-state index in [1.54, 1.807) is 6.07 Å². The van der Waals surface area contributed by atoms with Gasteiger partial charge in [-0.1, -0.05) is 6.07 Å². The maximum Gasteiger partial charge on any atom is 0.155 e. The van der Waals surface area contributed by atoms with Crippen LogP contribution in [-0.4, -0.2) is 26.2 Å². The SMILES string of the molecule is CS(=O)(=O)CCC(=O)C(N)c1cccs1. The van der Waals surface area contributed by atoms with Crippen LogP contribution in [0.1, 0.15) is 17.3 Å². The van der Waals surface area contributed by atoms with Crippen molar-refractivity contribution in [3.63, 3.8) is 0 Å². The Morgan fingerprint density at radius 1 is 1.60 bits per heavy atom. The predicted molar refractivity (Wildman–Crippen MR) is 60.6 cm³/mol. The summed E-state index contributed by atoms with van der Waals surface area (Å²) in [7, 11) is -3.09. The van der Waals surface area contributed by atoms with Crippen LogP contribution in [0.5, 0.6) is 0 Å². The van der Waals surface area contributed by atoms with Gasteiger partial charge in [-0.15, -0.1) is 11.3 Å². The number of nitrogens with two attached hydrogens (primary N) is 1. The third kappa shape index (κ3) is 4.11. The third-order valence-electron chi connectivity index (χ3n) is 1.92. The molecule has 1 aromatic heterocycles. The van der Waals surface area contributed by atoms with Crippen LogP contribution in [0.15, 0.2) is 17.5 Å². The number of hydrogen-bond donors (Lipinski definition) is 1. The largest absolute Gasteiger partial charge is 0.317 e. The van der Waals surface area contributed by atoms with Gasteiger partial charge < -0.3 is 5.73 Å². The molecule has 4 nitrogen and oxygen atoms in total. The van der Waals surface area contributed by atoms with E-state index in [1.165, 1.54) is 11.3 Å². The molecule has 0 fully saturated rings. The van der Waals surface area contributed by atoms with Gasteiger partial charge in [0.1, 0.15) is 9.84 Å². The summed E-state index contributed by atoms with van der Waals surface area (Å²) >= 11 is 1.40. The van der Waals surface area contributed by atoms with Gasteiger partial charge >= 0.3 is 0 Å². The number of hydrogen-bond acceptors (Lipinski definition) is 5. The number of Topliss-reactive ketones (excluding diaryl/α,β-unsaturated/α-hetero) is 1. The first kappa shape index (κ1) is 12.4. The average Bonchev–Trinajstić information content (AvgIpc) is 2.64. The molecule has 0 spiro atoms. The lowest BCUT2D eigenvalue weighted by Gasteiger charge is -2.07. The quantitative estimate of drug-likeness (QED) is 0.833. The molecule has 0 saturated carbocycles. The minimum absolute atomic E-state index is 0.0160. The second-order valence-electron chi connectivity index (χ2n) is 3.34. The van der Waals surface area contributed by atoms with Crippen LogP contribution in [0.4, 0.5) is 0 Å². The summed E-state index contributed by atoms with van der Waals surface area (Å²) in [5.74, 6) is -0.367. The molecule has 0 amide bonds. The van der Waals surface area contributed by atoms with E-state index in [0.29, 0.717) is 0 Å². The molecule has 0 radical (unpaired) electrons. The van der Waals surface area contributed by atoms with E-state index in [1.807, 2.05) is 11.4 Å². The molecule has 0 bridgehead atoms. The lowest BCUT2D eigenvalue weighted by atomic mass is 10.1. The van der Waals surface area contributed by atoms with Gasteiger partial charge in [-0.3, -0.25) is 4.79 Å². The fourth-order valence-electron chi connectivity index (χ4n) is 1.07. The summed E-state index contributed by atoms with van der Waals surface area (Å²) in [5, 5.41) is 1.83. The highest BCUT2D eigenvalue weighted by Gasteiger charge is 2.17. The number of carbonyl (C=O) groups is 1. The molecule has 0 aliphatic rings. The highest BCUT2D eigenvalue weighted by atomic mass is 32.2. The third-order valence-corrected chi connectivity index (χ3v) is 3.82. The molecule has 84 valence electrons. The van der Waals surface area contributed by atoms with Crippen molar-refractivity contribution in [3.05, 3.63) is 22.4 Å². The van der Waals surface area contributed by atoms with Crippen LogP contribution in [0.2, 0.25) is 0 Å². The highest BCUT2D eigenvalue weighted by molar-refractivity contribution is 7.90. The van der Waals surface area contributed by atoms with Crippen molar-refractivity contribution in [1.29, 1.82) is 0 Å². The number of ketones is 1. The van der Waals surface area contributed by atoms with E-state index in [-0.39, 0.29) is 18.0 Å². The van der Waals surface area contributed by atoms with Crippen LogP contribution >= 0.6 is 11.3 Å². The molecule has 6 heteroatoms. The smallest absolute Gasteiger partial charge is 0.155 e. The second-order valence-corrected chi connectivity index (χ2v) is 6.58. The van der Waals surface area contributed by atoms with Gasteiger partial charge in [0.15, 0.2) is 5.78 Å². The highest BCUT2D eigenvalue weighted by Crippen LogP contribution is 2.18. The number of rotatable bonds is 5. The normalized spacial score (nSPS) is 13.7. The molecule has 0 aliphatic carbocycles. The van der Waals surface area contributed by atoms with Gasteiger partial charge in [-0.05, 0) is 11.4 Å². The molecule has 1 rings (SSSR count). The molecule has 1 heterocycles. The second kappa shape index (κ2) is 4.87. The van der Waals surface area contributed by atoms with E-state index in [2.05, 4.69) is 0 Å². The van der Waals surface area contributed by atoms with E-state index in [0.717, 1.165) is 11.1 Å².